The lowest BCUT2D eigenvalue weighted by Crippen LogP contribution is -2.53. The van der Waals surface area contributed by atoms with Crippen LogP contribution >= 0.6 is 8.20 Å². The molecule has 8 heteroatoms. The first-order valence-corrected chi connectivity index (χ1v) is 20.7. The fraction of sp³-hybridized carbons (Fsp3) is 0.679. The van der Waals surface area contributed by atoms with Crippen LogP contribution in [-0.4, -0.2) is 32.2 Å². The Labute approximate surface area is 223 Å². The quantitative estimate of drug-likeness (QED) is 0.112. The Kier molecular flexibility index (Phi) is 8.15. The van der Waals surface area contributed by atoms with E-state index in [0.717, 1.165) is 11.3 Å². The number of nitro groups is 1. The predicted molar refractivity (Wildman–Crippen MR) is 163 cm³/mol. The molecule has 0 saturated heterocycles. The molecule has 0 N–H and O–H groups in total. The van der Waals surface area contributed by atoms with E-state index < -0.39 is 16.6 Å². The van der Waals surface area contributed by atoms with E-state index in [2.05, 4.69) is 106 Å². The van der Waals surface area contributed by atoms with Gasteiger partial charge >= 0.3 is 0 Å². The molecule has 5 nitrogen and oxygen atoms in total. The normalized spacial score (nSPS) is 17.4. The zero-order valence-electron chi connectivity index (χ0n) is 25.4. The van der Waals surface area contributed by atoms with Crippen molar-refractivity contribution in [3.63, 3.8) is 0 Å². The summed E-state index contributed by atoms with van der Waals surface area (Å²) < 4.78 is 9.40. The summed E-state index contributed by atoms with van der Waals surface area (Å²) in [5.74, 6) is 0. The minimum atomic E-state index is -2.00. The van der Waals surface area contributed by atoms with Gasteiger partial charge in [-0.05, 0) is 67.4 Å². The van der Waals surface area contributed by atoms with Gasteiger partial charge in [-0.2, -0.15) is 0 Å². The number of benzene rings is 1. The van der Waals surface area contributed by atoms with E-state index in [-0.39, 0.29) is 32.0 Å². The molecule has 1 aliphatic carbocycles. The van der Waals surface area contributed by atoms with E-state index in [0.29, 0.717) is 0 Å². The number of hydrogen-bond acceptors (Lipinski definition) is 3. The van der Waals surface area contributed by atoms with Crippen LogP contribution in [0.1, 0.15) is 62.3 Å². The van der Waals surface area contributed by atoms with E-state index in [4.69, 9.17) is 4.43 Å². The van der Waals surface area contributed by atoms with Crippen molar-refractivity contribution >= 4 is 41.7 Å². The van der Waals surface area contributed by atoms with Crippen LogP contribution in [0.15, 0.2) is 35.4 Å². The Morgan fingerprint density at radius 1 is 0.861 bits per heavy atom. The molecule has 0 unspecified atom stereocenters. The van der Waals surface area contributed by atoms with Gasteiger partial charge in [-0.15, -0.1) is 0 Å². The summed E-state index contributed by atoms with van der Waals surface area (Å²) in [6.07, 6.45) is 0. The van der Waals surface area contributed by atoms with E-state index in [1.165, 1.54) is 8.20 Å². The van der Waals surface area contributed by atoms with E-state index in [1.807, 2.05) is 12.1 Å². The Bertz CT molecular complexity index is 1030. The summed E-state index contributed by atoms with van der Waals surface area (Å²) in [6.45, 7) is 34.8. The number of anilines is 1. The average Bonchev–Trinajstić information content (AvgIpc) is 3.31. The first kappa shape index (κ1) is 30.9. The standard InChI is InChI=1S/C28H49N2O3PSi2/c1-25(2,3)22-23(26(4,5)6)28(22,27(7,8)9)34-24(33-36(13,14)15)29(35(10,11)12)20-16-18-21(19-17-20)30(31)32/h16-19H,1-15H3. The maximum Gasteiger partial charge on any atom is 0.269 e. The van der Waals surface area contributed by atoms with Crippen LogP contribution in [0.25, 0.3) is 0 Å². The molecule has 36 heavy (non-hydrogen) atoms. The molecular weight excluding hydrogens is 499 g/mol. The molecule has 1 aromatic carbocycles. The van der Waals surface area contributed by atoms with Crippen molar-refractivity contribution in [1.82, 2.24) is 0 Å². The molecule has 2 rings (SSSR count). The lowest BCUT2D eigenvalue weighted by Gasteiger charge is -2.42. The zero-order chi connectivity index (χ0) is 28.3. The largest absolute Gasteiger partial charge is 0.370 e. The molecule has 1 aromatic rings. The monoisotopic (exact) mass is 548 g/mol. The average molecular weight is 549 g/mol. The third-order valence-corrected chi connectivity index (χ3v) is 11.2. The molecular formula is C28H49N2O3PSi2. The van der Waals surface area contributed by atoms with Gasteiger partial charge in [0.2, 0.25) is 0 Å². The van der Waals surface area contributed by atoms with Gasteiger partial charge in [-0.3, -0.25) is 10.1 Å². The van der Waals surface area contributed by atoms with Crippen molar-refractivity contribution in [1.29, 1.82) is 0 Å². The molecule has 0 bridgehead atoms. The molecule has 0 aromatic heterocycles. The Hall–Kier alpha value is -1.28. The van der Waals surface area contributed by atoms with Crippen molar-refractivity contribution in [2.75, 3.05) is 4.57 Å². The lowest BCUT2D eigenvalue weighted by atomic mass is 9.77. The number of nitrogens with zero attached hydrogens (tertiary/aromatic N) is 2. The number of non-ortho nitro benzene ring substituents is 1. The summed E-state index contributed by atoms with van der Waals surface area (Å²) in [6, 6.07) is 7.00. The van der Waals surface area contributed by atoms with Crippen molar-refractivity contribution in [3.05, 3.63) is 45.5 Å². The molecule has 0 amide bonds. The van der Waals surface area contributed by atoms with Gasteiger partial charge < -0.3 is 8.99 Å². The second kappa shape index (κ2) is 9.48. The maximum absolute atomic E-state index is 11.3. The van der Waals surface area contributed by atoms with Crippen LogP contribution in [0, 0.1) is 26.4 Å². The van der Waals surface area contributed by atoms with Gasteiger partial charge in [-0.25, -0.2) is 0 Å². The van der Waals surface area contributed by atoms with Gasteiger partial charge in [0.1, 0.15) is 0 Å². The minimum Gasteiger partial charge on any atom is -0.370 e. The lowest BCUT2D eigenvalue weighted by molar-refractivity contribution is -0.384. The fourth-order valence-corrected chi connectivity index (χ4v) is 11.4. The Morgan fingerprint density at radius 2 is 1.28 bits per heavy atom. The van der Waals surface area contributed by atoms with Crippen LogP contribution in [0.2, 0.25) is 39.3 Å². The molecule has 0 aliphatic heterocycles. The van der Waals surface area contributed by atoms with E-state index >= 15 is 0 Å². The number of hydrogen-bond donors (Lipinski definition) is 0. The fourth-order valence-electron chi connectivity index (χ4n) is 5.18. The molecule has 0 fully saturated rings. The highest BCUT2D eigenvalue weighted by atomic mass is 31.1. The van der Waals surface area contributed by atoms with Crippen molar-refractivity contribution < 1.29 is 9.35 Å². The first-order chi connectivity index (χ1) is 15.8. The number of allylic oxidation sites excluding steroid dienone is 2. The molecule has 1 aliphatic rings. The van der Waals surface area contributed by atoms with Crippen molar-refractivity contribution in [3.8, 4) is 0 Å². The van der Waals surface area contributed by atoms with Gasteiger partial charge in [-0.1, -0.05) is 82.0 Å². The first-order valence-electron chi connectivity index (χ1n) is 12.9. The summed E-state index contributed by atoms with van der Waals surface area (Å²) in [5, 5.41) is 11.2. The second-order valence-corrected chi connectivity index (χ2v) is 25.6. The molecule has 0 radical (unpaired) electrons. The summed E-state index contributed by atoms with van der Waals surface area (Å²) >= 11 is 0. The predicted octanol–water partition coefficient (Wildman–Crippen LogP) is 9.31. The molecule has 0 spiro atoms. The smallest absolute Gasteiger partial charge is 0.269 e. The third-order valence-electron chi connectivity index (χ3n) is 6.34. The van der Waals surface area contributed by atoms with Gasteiger partial charge in [0, 0.05) is 17.8 Å². The highest BCUT2D eigenvalue weighted by Crippen LogP contribution is 2.73. The van der Waals surface area contributed by atoms with Gasteiger partial charge in [0.15, 0.2) is 22.2 Å². The topological polar surface area (TPSA) is 55.6 Å². The molecule has 202 valence electrons. The Balaban J connectivity index is 2.90. The van der Waals surface area contributed by atoms with Gasteiger partial charge in [0.25, 0.3) is 5.69 Å². The second-order valence-electron chi connectivity index (χ2n) is 15.1. The van der Waals surface area contributed by atoms with Crippen LogP contribution < -0.4 is 4.57 Å². The van der Waals surface area contributed by atoms with Crippen LogP contribution in [0.5, 0.6) is 0 Å². The van der Waals surface area contributed by atoms with Crippen LogP contribution in [-0.2, 0) is 4.43 Å². The Morgan fingerprint density at radius 3 is 1.56 bits per heavy atom. The third kappa shape index (κ3) is 6.40. The van der Waals surface area contributed by atoms with Crippen LogP contribution in [0.4, 0.5) is 11.4 Å². The maximum atomic E-state index is 11.3. The molecule has 0 heterocycles. The zero-order valence-corrected chi connectivity index (χ0v) is 28.3. The SMILES string of the molecule is CC(C)(C)C1=C(C(C)(C)C)C1(P=C(O[Si](C)(C)C)N(c1ccc([N+](=O)[O-])cc1)[Si](C)(C)C)C(C)(C)C. The minimum absolute atomic E-state index is 0.00554. The van der Waals surface area contributed by atoms with E-state index in [1.54, 1.807) is 23.3 Å². The number of nitro benzene ring substituents is 1. The summed E-state index contributed by atoms with van der Waals surface area (Å²) in [7, 11) is -2.82. The van der Waals surface area contributed by atoms with Crippen LogP contribution in [0.3, 0.4) is 0 Å². The van der Waals surface area contributed by atoms with Gasteiger partial charge in [0.05, 0.1) is 10.1 Å². The van der Waals surface area contributed by atoms with Crippen molar-refractivity contribution in [2.45, 2.75) is 107 Å². The van der Waals surface area contributed by atoms with Crippen molar-refractivity contribution in [2.24, 2.45) is 16.2 Å². The highest BCUT2D eigenvalue weighted by Gasteiger charge is 2.65. The molecule has 0 saturated carbocycles. The number of rotatable bonds is 7. The molecule has 0 atom stereocenters. The highest BCUT2D eigenvalue weighted by molar-refractivity contribution is 7.44. The van der Waals surface area contributed by atoms with E-state index in [9.17, 15) is 10.1 Å². The summed E-state index contributed by atoms with van der Waals surface area (Å²) in [5.41, 5.74) is 5.27. The summed E-state index contributed by atoms with van der Waals surface area (Å²) in [4.78, 5) is 11.0.